The van der Waals surface area contributed by atoms with Crippen LogP contribution in [0.15, 0.2) is 22.8 Å². The summed E-state index contributed by atoms with van der Waals surface area (Å²) in [6.45, 7) is 7.17. The molecule has 0 bridgehead atoms. The van der Waals surface area contributed by atoms with E-state index in [0.717, 1.165) is 18.4 Å². The van der Waals surface area contributed by atoms with E-state index in [4.69, 9.17) is 4.42 Å². The largest absolute Gasteiger partial charge is 0.463 e. The molecule has 0 aliphatic carbocycles. The highest BCUT2D eigenvalue weighted by atomic mass is 16.3. The van der Waals surface area contributed by atoms with E-state index in [1.807, 2.05) is 20.8 Å². The Hall–Kier alpha value is -2.44. The Morgan fingerprint density at radius 1 is 1.29 bits per heavy atom. The van der Waals surface area contributed by atoms with Crippen molar-refractivity contribution in [2.45, 2.75) is 45.2 Å². The lowest BCUT2D eigenvalue weighted by Crippen LogP contribution is -2.53. The van der Waals surface area contributed by atoms with Gasteiger partial charge in [-0.05, 0) is 33.6 Å². The Bertz CT molecular complexity index is 704. The van der Waals surface area contributed by atoms with Crippen LogP contribution in [0.25, 0.3) is 11.1 Å². The molecule has 130 valence electrons. The molecule has 3 amide bonds. The van der Waals surface area contributed by atoms with Gasteiger partial charge in [0.25, 0.3) is 5.91 Å². The second-order valence-electron chi connectivity index (χ2n) is 7.30. The molecular formula is C17H24N4O3. The molecule has 24 heavy (non-hydrogen) atoms. The average Bonchev–Trinajstić information content (AvgIpc) is 3.07. The van der Waals surface area contributed by atoms with Gasteiger partial charge in [0.15, 0.2) is 5.58 Å². The fourth-order valence-electron chi connectivity index (χ4n) is 2.86. The molecule has 3 rings (SSSR count). The molecule has 1 aliphatic heterocycles. The summed E-state index contributed by atoms with van der Waals surface area (Å²) in [5.41, 5.74) is 1.74. The number of likely N-dealkylation sites (tertiary alicyclic amines) is 1. The standard InChI is InChI=1S/C17H24N4O3/c1-17(2,3)20-16(23)21-7-4-11(5-8-21)18-15(22)13-10-14-12(19-13)6-9-24-14/h6,9-11,19H,4-5,7-8H2,1-3H3,(H,18,22)(H,20,23). The molecule has 2 aromatic heterocycles. The summed E-state index contributed by atoms with van der Waals surface area (Å²) in [6.07, 6.45) is 3.08. The van der Waals surface area contributed by atoms with Gasteiger partial charge in [-0.15, -0.1) is 0 Å². The van der Waals surface area contributed by atoms with Gasteiger partial charge >= 0.3 is 6.03 Å². The number of piperidine rings is 1. The van der Waals surface area contributed by atoms with Gasteiger partial charge in [-0.1, -0.05) is 0 Å². The molecular weight excluding hydrogens is 308 g/mol. The number of fused-ring (bicyclic) bond motifs is 1. The maximum absolute atomic E-state index is 12.3. The maximum atomic E-state index is 12.3. The summed E-state index contributed by atoms with van der Waals surface area (Å²) < 4.78 is 5.26. The second-order valence-corrected chi connectivity index (χ2v) is 7.30. The number of hydrogen-bond donors (Lipinski definition) is 3. The van der Waals surface area contributed by atoms with Gasteiger partial charge in [0.1, 0.15) is 5.69 Å². The molecule has 0 atom stereocenters. The highest BCUT2D eigenvalue weighted by Crippen LogP contribution is 2.17. The minimum absolute atomic E-state index is 0.0444. The van der Waals surface area contributed by atoms with Gasteiger partial charge in [0.05, 0.1) is 11.8 Å². The van der Waals surface area contributed by atoms with Crippen LogP contribution in [0.1, 0.15) is 44.1 Å². The minimum Gasteiger partial charge on any atom is -0.463 e. The first-order chi connectivity index (χ1) is 11.3. The fourth-order valence-corrected chi connectivity index (χ4v) is 2.86. The van der Waals surface area contributed by atoms with Gasteiger partial charge in [0, 0.05) is 36.8 Å². The zero-order valence-corrected chi connectivity index (χ0v) is 14.3. The SMILES string of the molecule is CC(C)(C)NC(=O)N1CCC(NC(=O)c2cc3occc3[nH]2)CC1. The van der Waals surface area contributed by atoms with E-state index < -0.39 is 0 Å². The highest BCUT2D eigenvalue weighted by Gasteiger charge is 2.26. The van der Waals surface area contributed by atoms with Crippen LogP contribution >= 0.6 is 0 Å². The van der Waals surface area contributed by atoms with Crippen molar-refractivity contribution in [3.8, 4) is 0 Å². The van der Waals surface area contributed by atoms with Gasteiger partial charge in [-0.25, -0.2) is 4.79 Å². The van der Waals surface area contributed by atoms with Gasteiger partial charge in [-0.2, -0.15) is 0 Å². The van der Waals surface area contributed by atoms with Crippen molar-refractivity contribution in [1.29, 1.82) is 0 Å². The number of carbonyl (C=O) groups excluding carboxylic acids is 2. The number of rotatable bonds is 2. The fraction of sp³-hybridized carbons (Fsp3) is 0.529. The predicted octanol–water partition coefficient (Wildman–Crippen LogP) is 2.46. The molecule has 0 spiro atoms. The van der Waals surface area contributed by atoms with Crippen molar-refractivity contribution in [1.82, 2.24) is 20.5 Å². The highest BCUT2D eigenvalue weighted by molar-refractivity contribution is 5.96. The molecule has 1 fully saturated rings. The Morgan fingerprint density at radius 3 is 2.62 bits per heavy atom. The number of urea groups is 1. The molecule has 2 aromatic rings. The van der Waals surface area contributed by atoms with E-state index in [1.165, 1.54) is 0 Å². The molecule has 0 aromatic carbocycles. The first kappa shape index (κ1) is 16.4. The first-order valence-electron chi connectivity index (χ1n) is 8.26. The smallest absolute Gasteiger partial charge is 0.317 e. The van der Waals surface area contributed by atoms with E-state index in [0.29, 0.717) is 24.4 Å². The summed E-state index contributed by atoms with van der Waals surface area (Å²) in [5, 5.41) is 5.99. The van der Waals surface area contributed by atoms with Gasteiger partial charge < -0.3 is 24.9 Å². The van der Waals surface area contributed by atoms with Crippen molar-refractivity contribution in [3.63, 3.8) is 0 Å². The molecule has 0 saturated carbocycles. The zero-order valence-electron chi connectivity index (χ0n) is 14.3. The monoisotopic (exact) mass is 332 g/mol. The lowest BCUT2D eigenvalue weighted by Gasteiger charge is -2.34. The number of amides is 3. The Labute approximate surface area is 140 Å². The number of furan rings is 1. The molecule has 7 nitrogen and oxygen atoms in total. The zero-order chi connectivity index (χ0) is 17.3. The summed E-state index contributed by atoms with van der Waals surface area (Å²) in [4.78, 5) is 29.3. The molecule has 3 N–H and O–H groups in total. The Kier molecular flexibility index (Phi) is 4.26. The predicted molar refractivity (Wildman–Crippen MR) is 90.9 cm³/mol. The lowest BCUT2D eigenvalue weighted by atomic mass is 10.0. The third kappa shape index (κ3) is 3.72. The summed E-state index contributed by atoms with van der Waals surface area (Å²) in [5.74, 6) is -0.140. The van der Waals surface area contributed by atoms with E-state index in [9.17, 15) is 9.59 Å². The number of H-pyrrole nitrogens is 1. The topological polar surface area (TPSA) is 90.4 Å². The normalized spacial score (nSPS) is 16.4. The molecule has 1 aliphatic rings. The van der Waals surface area contributed by atoms with Crippen LogP contribution in [0, 0.1) is 0 Å². The number of carbonyl (C=O) groups is 2. The van der Waals surface area contributed by atoms with Crippen molar-refractivity contribution in [3.05, 3.63) is 24.1 Å². The minimum atomic E-state index is -0.243. The number of aromatic nitrogens is 1. The lowest BCUT2D eigenvalue weighted by molar-refractivity contribution is 0.0913. The van der Waals surface area contributed by atoms with Crippen LogP contribution in [0.4, 0.5) is 4.79 Å². The van der Waals surface area contributed by atoms with E-state index in [1.54, 1.807) is 23.3 Å². The molecule has 0 unspecified atom stereocenters. The molecule has 3 heterocycles. The number of nitrogens with zero attached hydrogens (tertiary/aromatic N) is 1. The van der Waals surface area contributed by atoms with Crippen LogP contribution < -0.4 is 10.6 Å². The van der Waals surface area contributed by atoms with Crippen molar-refractivity contribution in [2.24, 2.45) is 0 Å². The first-order valence-corrected chi connectivity index (χ1v) is 8.26. The van der Waals surface area contributed by atoms with Crippen LogP contribution in [-0.4, -0.2) is 46.5 Å². The summed E-state index contributed by atoms with van der Waals surface area (Å²) in [6, 6.07) is 3.53. The Morgan fingerprint density at radius 2 is 2.00 bits per heavy atom. The van der Waals surface area contributed by atoms with Gasteiger partial charge in [-0.3, -0.25) is 4.79 Å². The summed E-state index contributed by atoms with van der Waals surface area (Å²) >= 11 is 0. The quantitative estimate of drug-likeness (QED) is 0.789. The second kappa shape index (κ2) is 6.22. The third-order valence-corrected chi connectivity index (χ3v) is 4.08. The van der Waals surface area contributed by atoms with Crippen LogP contribution in [0.5, 0.6) is 0 Å². The van der Waals surface area contributed by atoms with E-state index in [2.05, 4.69) is 15.6 Å². The van der Waals surface area contributed by atoms with Crippen LogP contribution in [0.2, 0.25) is 0 Å². The number of aromatic amines is 1. The molecule has 0 radical (unpaired) electrons. The number of hydrogen-bond acceptors (Lipinski definition) is 3. The molecule has 1 saturated heterocycles. The van der Waals surface area contributed by atoms with E-state index in [-0.39, 0.29) is 23.5 Å². The number of nitrogens with one attached hydrogen (secondary N) is 3. The Balaban J connectivity index is 1.51. The third-order valence-electron chi connectivity index (χ3n) is 4.08. The van der Waals surface area contributed by atoms with Crippen LogP contribution in [-0.2, 0) is 0 Å². The van der Waals surface area contributed by atoms with Crippen molar-refractivity contribution in [2.75, 3.05) is 13.1 Å². The van der Waals surface area contributed by atoms with Crippen LogP contribution in [0.3, 0.4) is 0 Å². The van der Waals surface area contributed by atoms with Gasteiger partial charge in [0.2, 0.25) is 0 Å². The summed E-state index contributed by atoms with van der Waals surface area (Å²) in [7, 11) is 0. The van der Waals surface area contributed by atoms with Crippen molar-refractivity contribution >= 4 is 23.0 Å². The molecule has 7 heteroatoms. The average molecular weight is 332 g/mol. The van der Waals surface area contributed by atoms with E-state index >= 15 is 0 Å². The maximum Gasteiger partial charge on any atom is 0.317 e. The van der Waals surface area contributed by atoms with Crippen molar-refractivity contribution < 1.29 is 14.0 Å².